The fraction of sp³-hybridized carbons (Fsp3) is 0.474. The number of nitrogens with one attached hydrogen (secondary N) is 5. The van der Waals surface area contributed by atoms with Crippen LogP contribution in [-0.4, -0.2) is 76.6 Å². The number of aryl methyl sites for hydroxylation is 1. The Hall–Kier alpha value is -5.20. The molecule has 2 aliphatic rings. The second-order valence-corrected chi connectivity index (χ2v) is 13.4. The van der Waals surface area contributed by atoms with Gasteiger partial charge in [0.1, 0.15) is 23.4 Å². The lowest BCUT2D eigenvalue weighted by Crippen LogP contribution is -2.63. The van der Waals surface area contributed by atoms with Crippen LogP contribution >= 0.6 is 0 Å². The summed E-state index contributed by atoms with van der Waals surface area (Å²) in [4.78, 5) is 68.8. The summed E-state index contributed by atoms with van der Waals surface area (Å²) in [6.45, 7) is 6.95. The number of fused-ring (bicyclic) bond motifs is 1. The number of aromatic nitrogens is 2. The lowest BCUT2D eigenvalue weighted by molar-refractivity contribution is -0.138. The van der Waals surface area contributed by atoms with Crippen LogP contribution in [-0.2, 0) is 32.1 Å². The van der Waals surface area contributed by atoms with Gasteiger partial charge < -0.3 is 31.3 Å². The first-order valence-electron chi connectivity index (χ1n) is 17.8. The van der Waals surface area contributed by atoms with Crippen molar-refractivity contribution in [2.75, 3.05) is 19.7 Å². The molecular weight excluding hydrogens is 650 g/mol. The van der Waals surface area contributed by atoms with Crippen LogP contribution in [0.4, 0.5) is 0 Å². The molecular formula is C38H49N7O6. The lowest BCUT2D eigenvalue weighted by Gasteiger charge is -2.38. The second-order valence-electron chi connectivity index (χ2n) is 13.4. The number of carbonyl (C=O) groups excluding carboxylic acids is 5. The second kappa shape index (κ2) is 17.1. The van der Waals surface area contributed by atoms with Gasteiger partial charge in [0.05, 0.1) is 30.8 Å². The van der Waals surface area contributed by atoms with Gasteiger partial charge in [0.2, 0.25) is 23.6 Å². The molecule has 51 heavy (non-hydrogen) atoms. The van der Waals surface area contributed by atoms with Gasteiger partial charge in [-0.3, -0.25) is 28.7 Å². The van der Waals surface area contributed by atoms with Crippen LogP contribution in [0.1, 0.15) is 77.8 Å². The van der Waals surface area contributed by atoms with E-state index < -0.39 is 47.7 Å². The first kappa shape index (κ1) is 37.1. The van der Waals surface area contributed by atoms with Crippen molar-refractivity contribution in [1.82, 2.24) is 36.4 Å². The van der Waals surface area contributed by atoms with E-state index in [9.17, 15) is 24.0 Å². The summed E-state index contributed by atoms with van der Waals surface area (Å²) in [5.74, 6) is -2.20. The molecule has 0 radical (unpaired) electrons. The zero-order valence-corrected chi connectivity index (χ0v) is 29.7. The highest BCUT2D eigenvalue weighted by atomic mass is 16.5. The first-order valence-corrected chi connectivity index (χ1v) is 17.8. The van der Waals surface area contributed by atoms with E-state index in [1.165, 1.54) is 0 Å². The van der Waals surface area contributed by atoms with Crippen molar-refractivity contribution in [2.24, 2.45) is 0 Å². The third-order valence-electron chi connectivity index (χ3n) is 9.81. The van der Waals surface area contributed by atoms with Gasteiger partial charge in [-0.05, 0) is 63.3 Å². The van der Waals surface area contributed by atoms with E-state index in [-0.39, 0.29) is 37.6 Å². The molecule has 0 saturated heterocycles. The van der Waals surface area contributed by atoms with Crippen molar-refractivity contribution in [3.63, 3.8) is 0 Å². The molecule has 0 unspecified atom stereocenters. The number of carbonyl (C=O) groups is 5. The average Bonchev–Trinajstić information content (AvgIpc) is 3.37. The molecule has 13 nitrogen and oxygen atoms in total. The van der Waals surface area contributed by atoms with Gasteiger partial charge in [-0.1, -0.05) is 61.7 Å². The van der Waals surface area contributed by atoms with E-state index in [2.05, 4.69) is 31.7 Å². The van der Waals surface area contributed by atoms with Crippen LogP contribution in [0.5, 0.6) is 5.75 Å². The summed E-state index contributed by atoms with van der Waals surface area (Å²) in [7, 11) is 0. The Morgan fingerprint density at radius 2 is 1.67 bits per heavy atom. The largest absolute Gasteiger partial charge is 0.493 e. The van der Waals surface area contributed by atoms with E-state index in [0.29, 0.717) is 44.4 Å². The third-order valence-corrected chi connectivity index (χ3v) is 9.81. The highest BCUT2D eigenvalue weighted by Crippen LogP contribution is 2.29. The molecule has 2 aromatic carbocycles. The molecule has 1 saturated carbocycles. The quantitative estimate of drug-likeness (QED) is 0.263. The van der Waals surface area contributed by atoms with Crippen molar-refractivity contribution in [1.29, 1.82) is 0 Å². The lowest BCUT2D eigenvalue weighted by atomic mass is 9.80. The number of nitrogens with zero attached hydrogens (tertiary/aromatic N) is 2. The normalized spacial score (nSPS) is 20.4. The molecule has 2 heterocycles. The van der Waals surface area contributed by atoms with Gasteiger partial charge in [-0.15, -0.1) is 0 Å². The number of hydrogen-bond donors (Lipinski definition) is 5. The number of hydrogen-bond acceptors (Lipinski definition) is 7. The molecule has 1 spiro atoms. The van der Waals surface area contributed by atoms with Crippen molar-refractivity contribution < 1.29 is 28.7 Å². The third kappa shape index (κ3) is 9.53. The number of amides is 5. The highest BCUT2D eigenvalue weighted by Gasteiger charge is 2.43. The van der Waals surface area contributed by atoms with Crippen molar-refractivity contribution in [2.45, 2.75) is 96.3 Å². The molecule has 1 fully saturated rings. The van der Waals surface area contributed by atoms with E-state index in [1.54, 1.807) is 24.3 Å². The smallest absolute Gasteiger partial charge is 0.255 e. The summed E-state index contributed by atoms with van der Waals surface area (Å²) >= 11 is 0. The summed E-state index contributed by atoms with van der Waals surface area (Å²) in [6, 6.07) is 13.9. The molecule has 5 N–H and O–H groups in total. The maximum Gasteiger partial charge on any atom is 0.255 e. The van der Waals surface area contributed by atoms with Crippen molar-refractivity contribution in [3.8, 4) is 5.75 Å². The molecule has 3 aromatic rings. The predicted molar refractivity (Wildman–Crippen MR) is 191 cm³/mol. The fourth-order valence-electron chi connectivity index (χ4n) is 6.65. The van der Waals surface area contributed by atoms with Crippen LogP contribution in [0, 0.1) is 20.8 Å². The zero-order chi connectivity index (χ0) is 36.4. The topological polar surface area (TPSA) is 173 Å². The Morgan fingerprint density at radius 3 is 2.39 bits per heavy atom. The van der Waals surface area contributed by atoms with E-state index in [4.69, 9.17) is 4.74 Å². The van der Waals surface area contributed by atoms with Crippen LogP contribution in [0.3, 0.4) is 0 Å². The van der Waals surface area contributed by atoms with Crippen LogP contribution in [0.15, 0.2) is 54.6 Å². The molecule has 5 rings (SSSR count). The van der Waals surface area contributed by atoms with Gasteiger partial charge in [0.15, 0.2) is 0 Å². The number of rotatable bonds is 6. The first-order chi connectivity index (χ1) is 24.6. The maximum absolute atomic E-state index is 14.1. The summed E-state index contributed by atoms with van der Waals surface area (Å²) < 4.78 is 7.75. The van der Waals surface area contributed by atoms with Crippen LogP contribution in [0.25, 0.3) is 0 Å². The zero-order valence-electron chi connectivity index (χ0n) is 29.7. The average molecular weight is 700 g/mol. The van der Waals surface area contributed by atoms with E-state index in [1.807, 2.05) is 55.8 Å². The Labute approximate surface area is 298 Å². The molecule has 1 aliphatic carbocycles. The SMILES string of the molecule is Cc1nn(CCNC(=O)[C@@H]2CC(=O)NC3(CCCCC3)C(=O)N[C@@H](Cc3ccccc3)C(=O)NCCCOc3ccccc3C(=O)N2)c(C)c1C. The molecule has 13 heteroatoms. The Bertz CT molecular complexity index is 1720. The van der Waals surface area contributed by atoms with E-state index in [0.717, 1.165) is 28.9 Å². The minimum atomic E-state index is -1.28. The van der Waals surface area contributed by atoms with Gasteiger partial charge in [0.25, 0.3) is 5.91 Å². The van der Waals surface area contributed by atoms with Gasteiger partial charge in [0, 0.05) is 25.2 Å². The molecule has 1 aromatic heterocycles. The minimum absolute atomic E-state index is 0.196. The van der Waals surface area contributed by atoms with Gasteiger partial charge in [-0.2, -0.15) is 5.10 Å². The molecule has 2 atom stereocenters. The summed E-state index contributed by atoms with van der Waals surface area (Å²) in [6.07, 6.45) is 3.34. The van der Waals surface area contributed by atoms with Crippen LogP contribution < -0.4 is 31.3 Å². The predicted octanol–water partition coefficient (Wildman–Crippen LogP) is 2.56. The monoisotopic (exact) mass is 699 g/mol. The molecule has 272 valence electrons. The van der Waals surface area contributed by atoms with Crippen LogP contribution in [0.2, 0.25) is 0 Å². The highest BCUT2D eigenvalue weighted by molar-refractivity contribution is 6.01. The number of ether oxygens (including phenoxy) is 1. The number of para-hydroxylation sites is 1. The number of benzene rings is 2. The van der Waals surface area contributed by atoms with Gasteiger partial charge >= 0.3 is 0 Å². The Balaban J connectivity index is 1.41. The minimum Gasteiger partial charge on any atom is -0.493 e. The molecule has 1 aliphatic heterocycles. The molecule has 0 bridgehead atoms. The molecule has 5 amide bonds. The standard InChI is InChI=1S/C38H49N7O6/c1-25-26(2)44-45(27(25)3)21-20-40-36(49)31-24-33(46)43-38(17-10-5-11-18-38)37(50)42-30(23-28-13-6-4-7-14-28)35(48)39-19-12-22-51-32-16-9-8-15-29(32)34(47)41-31/h4,6-9,13-16,30-31H,5,10-12,17-24H2,1-3H3,(H,39,48)(H,40,49)(H,41,47)(H,42,50)(H,43,46)/t30-,31-/m0/s1. The van der Waals surface area contributed by atoms with Crippen molar-refractivity contribution >= 4 is 29.5 Å². The maximum atomic E-state index is 14.1. The Morgan fingerprint density at radius 1 is 0.941 bits per heavy atom. The summed E-state index contributed by atoms with van der Waals surface area (Å²) in [5.41, 5.74) is 2.75. The fourth-order valence-corrected chi connectivity index (χ4v) is 6.65. The van der Waals surface area contributed by atoms with E-state index >= 15 is 0 Å². The summed E-state index contributed by atoms with van der Waals surface area (Å²) in [5, 5.41) is 18.9. The Kier molecular flexibility index (Phi) is 12.5. The van der Waals surface area contributed by atoms with Crippen molar-refractivity contribution in [3.05, 3.63) is 82.7 Å². The van der Waals surface area contributed by atoms with Gasteiger partial charge in [-0.25, -0.2) is 0 Å².